The van der Waals surface area contributed by atoms with Crippen LogP contribution in [-0.2, 0) is 21.1 Å². The summed E-state index contributed by atoms with van der Waals surface area (Å²) in [5, 5.41) is 0. The zero-order valence-electron chi connectivity index (χ0n) is 12.9. The standard InChI is InChI=1S/C16H23NO3S/c1-4-15-14-6-5-12(2)11-13(14)7-9-17(15)16(18)8-10-21(3,19)20/h5-6,11,15H,4,7-10H2,1-3H3. The van der Waals surface area contributed by atoms with Crippen LogP contribution in [0.2, 0.25) is 0 Å². The lowest BCUT2D eigenvalue weighted by Crippen LogP contribution is -2.40. The molecule has 1 aliphatic rings. The van der Waals surface area contributed by atoms with Gasteiger partial charge in [-0.2, -0.15) is 0 Å². The van der Waals surface area contributed by atoms with Gasteiger partial charge in [0, 0.05) is 19.2 Å². The number of carbonyl (C=O) groups excluding carboxylic acids is 1. The second-order valence-electron chi connectivity index (χ2n) is 5.84. The Morgan fingerprint density at radius 1 is 1.38 bits per heavy atom. The molecule has 0 aromatic heterocycles. The van der Waals surface area contributed by atoms with E-state index in [9.17, 15) is 13.2 Å². The highest BCUT2D eigenvalue weighted by Crippen LogP contribution is 2.33. The van der Waals surface area contributed by atoms with Gasteiger partial charge < -0.3 is 4.90 Å². The Bertz CT molecular complexity index is 637. The summed E-state index contributed by atoms with van der Waals surface area (Å²) in [5.41, 5.74) is 3.76. The van der Waals surface area contributed by atoms with Gasteiger partial charge in [-0.25, -0.2) is 8.42 Å². The number of sulfone groups is 1. The molecule has 1 atom stereocenters. The molecule has 4 nitrogen and oxygen atoms in total. The monoisotopic (exact) mass is 309 g/mol. The molecule has 1 unspecified atom stereocenters. The third kappa shape index (κ3) is 3.84. The van der Waals surface area contributed by atoms with Crippen molar-refractivity contribution in [3.05, 3.63) is 34.9 Å². The van der Waals surface area contributed by atoms with Crippen LogP contribution in [0.15, 0.2) is 18.2 Å². The Balaban J connectivity index is 2.19. The summed E-state index contributed by atoms with van der Waals surface area (Å²) in [5.74, 6) is -0.127. The van der Waals surface area contributed by atoms with Gasteiger partial charge in [0.2, 0.25) is 5.91 Å². The van der Waals surface area contributed by atoms with E-state index in [0.717, 1.165) is 12.8 Å². The molecule has 0 saturated heterocycles. The van der Waals surface area contributed by atoms with Gasteiger partial charge in [-0.15, -0.1) is 0 Å². The number of amides is 1. The Labute approximate surface area is 127 Å². The van der Waals surface area contributed by atoms with Crippen LogP contribution < -0.4 is 0 Å². The smallest absolute Gasteiger partial charge is 0.224 e. The quantitative estimate of drug-likeness (QED) is 0.857. The van der Waals surface area contributed by atoms with Crippen molar-refractivity contribution in [1.29, 1.82) is 0 Å². The second-order valence-corrected chi connectivity index (χ2v) is 8.10. The van der Waals surface area contributed by atoms with Crippen molar-refractivity contribution in [1.82, 2.24) is 4.90 Å². The third-order valence-corrected chi connectivity index (χ3v) is 5.00. The molecule has 0 radical (unpaired) electrons. The normalized spacial score (nSPS) is 18.4. The minimum absolute atomic E-state index is 0.0569. The number of carbonyl (C=O) groups is 1. The van der Waals surface area contributed by atoms with E-state index in [1.165, 1.54) is 22.9 Å². The minimum Gasteiger partial charge on any atom is -0.335 e. The van der Waals surface area contributed by atoms with E-state index in [1.54, 1.807) is 0 Å². The number of benzene rings is 1. The van der Waals surface area contributed by atoms with Crippen molar-refractivity contribution >= 4 is 15.7 Å². The predicted molar refractivity (Wildman–Crippen MR) is 84.0 cm³/mol. The van der Waals surface area contributed by atoms with Crippen molar-refractivity contribution in [2.75, 3.05) is 18.6 Å². The molecule has 0 spiro atoms. The van der Waals surface area contributed by atoms with Gasteiger partial charge in [-0.1, -0.05) is 30.7 Å². The fourth-order valence-corrected chi connectivity index (χ4v) is 3.54. The van der Waals surface area contributed by atoms with E-state index < -0.39 is 9.84 Å². The molecule has 0 aliphatic carbocycles. The molecular weight excluding hydrogens is 286 g/mol. The molecule has 1 aromatic carbocycles. The second kappa shape index (κ2) is 6.18. The van der Waals surface area contributed by atoms with Crippen molar-refractivity contribution < 1.29 is 13.2 Å². The van der Waals surface area contributed by atoms with Gasteiger partial charge >= 0.3 is 0 Å². The summed E-state index contributed by atoms with van der Waals surface area (Å²) in [4.78, 5) is 14.2. The summed E-state index contributed by atoms with van der Waals surface area (Å²) in [7, 11) is -3.10. The first-order valence-electron chi connectivity index (χ1n) is 7.38. The van der Waals surface area contributed by atoms with Crippen molar-refractivity contribution in [3.63, 3.8) is 0 Å². The van der Waals surface area contributed by atoms with Gasteiger partial charge in [0.25, 0.3) is 0 Å². The van der Waals surface area contributed by atoms with Gasteiger partial charge in [0.05, 0.1) is 11.8 Å². The first kappa shape index (κ1) is 16.0. The van der Waals surface area contributed by atoms with Crippen LogP contribution in [0, 0.1) is 6.92 Å². The average molecular weight is 309 g/mol. The molecule has 1 heterocycles. The van der Waals surface area contributed by atoms with Crippen LogP contribution in [0.25, 0.3) is 0 Å². The third-order valence-electron chi connectivity index (χ3n) is 4.05. The lowest BCUT2D eigenvalue weighted by molar-refractivity contribution is -0.133. The van der Waals surface area contributed by atoms with E-state index in [1.807, 2.05) is 4.90 Å². The highest BCUT2D eigenvalue weighted by Gasteiger charge is 2.29. The summed E-state index contributed by atoms with van der Waals surface area (Å²) in [6.07, 6.45) is 2.95. The molecule has 1 aromatic rings. The van der Waals surface area contributed by atoms with Crippen molar-refractivity contribution in [2.45, 2.75) is 39.2 Å². The highest BCUT2D eigenvalue weighted by molar-refractivity contribution is 7.90. The zero-order chi connectivity index (χ0) is 15.6. The molecule has 0 bridgehead atoms. The Hall–Kier alpha value is -1.36. The number of hydrogen-bond acceptors (Lipinski definition) is 3. The maximum Gasteiger partial charge on any atom is 0.224 e. The van der Waals surface area contributed by atoms with E-state index in [0.29, 0.717) is 6.54 Å². The minimum atomic E-state index is -3.10. The Morgan fingerprint density at radius 3 is 2.71 bits per heavy atom. The predicted octanol–water partition coefficient (Wildman–Crippen LogP) is 2.27. The molecule has 21 heavy (non-hydrogen) atoms. The molecule has 5 heteroatoms. The molecule has 116 valence electrons. The number of fused-ring (bicyclic) bond motifs is 1. The van der Waals surface area contributed by atoms with Gasteiger partial charge in [-0.3, -0.25) is 4.79 Å². The van der Waals surface area contributed by atoms with Crippen molar-refractivity contribution in [2.24, 2.45) is 0 Å². The van der Waals surface area contributed by atoms with Gasteiger partial charge in [0.1, 0.15) is 9.84 Å². The largest absolute Gasteiger partial charge is 0.335 e. The summed E-state index contributed by atoms with van der Waals surface area (Å²) in [6, 6.07) is 6.44. The molecule has 2 rings (SSSR count). The molecule has 1 amide bonds. The maximum atomic E-state index is 12.4. The Kier molecular flexibility index (Phi) is 4.71. The summed E-state index contributed by atoms with van der Waals surface area (Å²) in [6.45, 7) is 4.82. The fraction of sp³-hybridized carbons (Fsp3) is 0.562. The Morgan fingerprint density at radius 2 is 2.10 bits per heavy atom. The first-order chi connectivity index (χ1) is 9.81. The van der Waals surface area contributed by atoms with Gasteiger partial charge in [-0.05, 0) is 30.9 Å². The number of rotatable bonds is 4. The van der Waals surface area contributed by atoms with Crippen LogP contribution in [0.4, 0.5) is 0 Å². The van der Waals surface area contributed by atoms with E-state index >= 15 is 0 Å². The van der Waals surface area contributed by atoms with E-state index in [4.69, 9.17) is 0 Å². The van der Waals surface area contributed by atoms with Crippen LogP contribution in [0.3, 0.4) is 0 Å². The summed E-state index contributed by atoms with van der Waals surface area (Å²) < 4.78 is 22.5. The van der Waals surface area contributed by atoms with Crippen LogP contribution in [0.5, 0.6) is 0 Å². The van der Waals surface area contributed by atoms with Gasteiger partial charge in [0.15, 0.2) is 0 Å². The van der Waals surface area contributed by atoms with Crippen LogP contribution >= 0.6 is 0 Å². The highest BCUT2D eigenvalue weighted by atomic mass is 32.2. The lowest BCUT2D eigenvalue weighted by atomic mass is 9.89. The summed E-state index contributed by atoms with van der Waals surface area (Å²) >= 11 is 0. The molecule has 1 aliphatic heterocycles. The maximum absolute atomic E-state index is 12.4. The van der Waals surface area contributed by atoms with E-state index in [-0.39, 0.29) is 24.1 Å². The van der Waals surface area contributed by atoms with Crippen molar-refractivity contribution in [3.8, 4) is 0 Å². The SMILES string of the molecule is CCC1c2ccc(C)cc2CCN1C(=O)CCS(C)(=O)=O. The zero-order valence-corrected chi connectivity index (χ0v) is 13.7. The molecule has 0 saturated carbocycles. The molecule has 0 N–H and O–H groups in total. The van der Waals surface area contributed by atoms with E-state index in [2.05, 4.69) is 32.0 Å². The molecule has 0 fully saturated rings. The number of nitrogens with zero attached hydrogens (tertiary/aromatic N) is 1. The number of hydrogen-bond donors (Lipinski definition) is 0. The number of aryl methyl sites for hydroxylation is 1. The topological polar surface area (TPSA) is 54.5 Å². The van der Waals surface area contributed by atoms with Crippen LogP contribution in [0.1, 0.15) is 42.5 Å². The average Bonchev–Trinajstić information content (AvgIpc) is 2.42. The molecular formula is C16H23NO3S. The lowest BCUT2D eigenvalue weighted by Gasteiger charge is -2.37. The fourth-order valence-electron chi connectivity index (χ4n) is 3.00. The van der Waals surface area contributed by atoms with Crippen LogP contribution in [-0.4, -0.2) is 37.8 Å². The first-order valence-corrected chi connectivity index (χ1v) is 9.44.